The second-order valence-corrected chi connectivity index (χ2v) is 6.92. The van der Waals surface area contributed by atoms with Crippen LogP contribution in [-0.2, 0) is 11.3 Å². The summed E-state index contributed by atoms with van der Waals surface area (Å²) in [5.74, 6) is -1.10. The minimum absolute atomic E-state index is 0.259. The van der Waals surface area contributed by atoms with Crippen molar-refractivity contribution in [3.8, 4) is 0 Å². The first kappa shape index (κ1) is 17.1. The lowest BCUT2D eigenvalue weighted by Gasteiger charge is -2.23. The number of hydrogen-bond acceptors (Lipinski definition) is 4. The number of thiophene rings is 1. The Morgan fingerprint density at radius 2 is 2.00 bits per heavy atom. The minimum Gasteiger partial charge on any atom is -0.332 e. The number of nitrogens with zero attached hydrogens (tertiary/aromatic N) is 2. The van der Waals surface area contributed by atoms with E-state index in [0.29, 0.717) is 24.2 Å². The smallest absolute Gasteiger partial charge is 0.262 e. The van der Waals surface area contributed by atoms with Gasteiger partial charge in [-0.2, -0.15) is 0 Å². The number of fused-ring (bicyclic) bond motifs is 1. The molecule has 1 aromatic heterocycles. The number of hydrogen-bond donors (Lipinski definition) is 0. The maximum Gasteiger partial charge on any atom is 0.262 e. The fraction of sp³-hybridized carbons (Fsp3) is 0.211. The Balaban J connectivity index is 1.76. The molecule has 128 valence electrons. The van der Waals surface area contributed by atoms with Crippen LogP contribution in [0, 0.1) is 6.92 Å². The second kappa shape index (κ2) is 7.03. The lowest BCUT2D eigenvalue weighted by Crippen LogP contribution is -2.42. The predicted octanol–water partition coefficient (Wildman–Crippen LogP) is 2.87. The van der Waals surface area contributed by atoms with Gasteiger partial charge in [0.1, 0.15) is 6.54 Å². The van der Waals surface area contributed by atoms with Gasteiger partial charge in [0, 0.05) is 11.4 Å². The molecule has 1 aliphatic heterocycles. The summed E-state index contributed by atoms with van der Waals surface area (Å²) in [5.41, 5.74) is 1.63. The minimum atomic E-state index is -0.414. The van der Waals surface area contributed by atoms with Gasteiger partial charge >= 0.3 is 0 Å². The van der Waals surface area contributed by atoms with E-state index < -0.39 is 11.8 Å². The van der Waals surface area contributed by atoms with E-state index in [-0.39, 0.29) is 12.5 Å². The van der Waals surface area contributed by atoms with Gasteiger partial charge < -0.3 is 4.90 Å². The van der Waals surface area contributed by atoms with Gasteiger partial charge in [0.05, 0.1) is 17.7 Å². The summed E-state index contributed by atoms with van der Waals surface area (Å²) in [5, 5.41) is 1.94. The first-order valence-electron chi connectivity index (χ1n) is 7.89. The molecule has 2 heterocycles. The van der Waals surface area contributed by atoms with Crippen molar-refractivity contribution in [1.29, 1.82) is 0 Å². The first-order chi connectivity index (χ1) is 12.0. The highest BCUT2D eigenvalue weighted by atomic mass is 32.1. The number of aryl methyl sites for hydroxylation is 1. The average Bonchev–Trinajstić information content (AvgIpc) is 3.17. The van der Waals surface area contributed by atoms with Crippen molar-refractivity contribution in [2.45, 2.75) is 13.5 Å². The van der Waals surface area contributed by atoms with Crippen LogP contribution in [0.2, 0.25) is 0 Å². The summed E-state index contributed by atoms with van der Waals surface area (Å²) >= 11 is 1.55. The van der Waals surface area contributed by atoms with Crippen LogP contribution in [0.5, 0.6) is 0 Å². The molecule has 0 aliphatic carbocycles. The van der Waals surface area contributed by atoms with Crippen molar-refractivity contribution >= 4 is 29.1 Å². The SMILES string of the molecule is C=CCN(Cc1cccs1)C(=O)CN1C(=O)c2ccc(C)cc2C1=O. The van der Waals surface area contributed by atoms with E-state index in [1.807, 2.05) is 24.4 Å². The molecule has 1 aliphatic rings. The Labute approximate surface area is 150 Å². The third-order valence-electron chi connectivity index (χ3n) is 4.05. The zero-order valence-electron chi connectivity index (χ0n) is 13.9. The van der Waals surface area contributed by atoms with Crippen LogP contribution < -0.4 is 0 Å². The normalized spacial score (nSPS) is 13.1. The first-order valence-corrected chi connectivity index (χ1v) is 8.77. The summed E-state index contributed by atoms with van der Waals surface area (Å²) in [6, 6.07) is 8.98. The lowest BCUT2D eigenvalue weighted by atomic mass is 10.1. The number of amides is 3. The highest BCUT2D eigenvalue weighted by Crippen LogP contribution is 2.24. The molecule has 0 N–H and O–H groups in total. The molecule has 0 saturated heterocycles. The van der Waals surface area contributed by atoms with Crippen molar-refractivity contribution in [2.75, 3.05) is 13.1 Å². The Hall–Kier alpha value is -2.73. The van der Waals surface area contributed by atoms with Crippen LogP contribution in [-0.4, -0.2) is 40.6 Å². The van der Waals surface area contributed by atoms with Crippen LogP contribution in [0.15, 0.2) is 48.4 Å². The number of carbonyl (C=O) groups excluding carboxylic acids is 3. The van der Waals surface area contributed by atoms with E-state index in [1.165, 1.54) is 0 Å². The molecule has 0 atom stereocenters. The topological polar surface area (TPSA) is 57.7 Å². The maximum absolute atomic E-state index is 12.7. The Bertz CT molecular complexity index is 842. The van der Waals surface area contributed by atoms with Crippen LogP contribution in [0.25, 0.3) is 0 Å². The molecule has 5 nitrogen and oxygen atoms in total. The van der Waals surface area contributed by atoms with Crippen LogP contribution in [0.4, 0.5) is 0 Å². The largest absolute Gasteiger partial charge is 0.332 e. The predicted molar refractivity (Wildman–Crippen MR) is 96.5 cm³/mol. The van der Waals surface area contributed by atoms with Gasteiger partial charge in [-0.1, -0.05) is 23.8 Å². The zero-order chi connectivity index (χ0) is 18.0. The summed E-state index contributed by atoms with van der Waals surface area (Å²) in [4.78, 5) is 41.3. The molecular formula is C19H18N2O3S. The number of rotatable bonds is 6. The average molecular weight is 354 g/mol. The molecular weight excluding hydrogens is 336 g/mol. The highest BCUT2D eigenvalue weighted by Gasteiger charge is 2.37. The van der Waals surface area contributed by atoms with Crippen molar-refractivity contribution in [1.82, 2.24) is 9.80 Å². The van der Waals surface area contributed by atoms with Gasteiger partial charge in [0.2, 0.25) is 5.91 Å². The van der Waals surface area contributed by atoms with Gasteiger partial charge in [0.25, 0.3) is 11.8 Å². The molecule has 0 bridgehead atoms. The molecule has 3 rings (SSSR count). The van der Waals surface area contributed by atoms with Crippen LogP contribution >= 0.6 is 11.3 Å². The zero-order valence-corrected chi connectivity index (χ0v) is 14.7. The monoisotopic (exact) mass is 354 g/mol. The number of benzene rings is 1. The molecule has 25 heavy (non-hydrogen) atoms. The number of carbonyl (C=O) groups is 3. The summed E-state index contributed by atoms with van der Waals surface area (Å²) in [6.07, 6.45) is 1.64. The molecule has 0 saturated carbocycles. The van der Waals surface area contributed by atoms with Crippen LogP contribution in [0.1, 0.15) is 31.2 Å². The Kier molecular flexibility index (Phi) is 4.81. The van der Waals surface area contributed by atoms with Gasteiger partial charge in [-0.15, -0.1) is 17.9 Å². The third kappa shape index (κ3) is 3.39. The van der Waals surface area contributed by atoms with E-state index in [9.17, 15) is 14.4 Å². The van der Waals surface area contributed by atoms with E-state index in [0.717, 1.165) is 15.3 Å². The Morgan fingerprint density at radius 1 is 1.24 bits per heavy atom. The van der Waals surface area contributed by atoms with Crippen molar-refractivity contribution < 1.29 is 14.4 Å². The van der Waals surface area contributed by atoms with E-state index in [2.05, 4.69) is 6.58 Å². The van der Waals surface area contributed by atoms with E-state index >= 15 is 0 Å². The van der Waals surface area contributed by atoms with Crippen molar-refractivity contribution in [2.24, 2.45) is 0 Å². The fourth-order valence-electron chi connectivity index (χ4n) is 2.78. The molecule has 2 aromatic rings. The molecule has 0 spiro atoms. The molecule has 1 aromatic carbocycles. The lowest BCUT2D eigenvalue weighted by molar-refractivity contribution is -0.131. The van der Waals surface area contributed by atoms with Crippen LogP contribution in [0.3, 0.4) is 0 Å². The molecule has 0 radical (unpaired) electrons. The highest BCUT2D eigenvalue weighted by molar-refractivity contribution is 7.09. The van der Waals surface area contributed by atoms with E-state index in [1.54, 1.807) is 40.5 Å². The quantitative estimate of drug-likeness (QED) is 0.592. The van der Waals surface area contributed by atoms with Gasteiger partial charge in [0.15, 0.2) is 0 Å². The van der Waals surface area contributed by atoms with Crippen molar-refractivity contribution in [3.05, 3.63) is 69.9 Å². The standard InChI is InChI=1S/C19H18N2O3S/c1-3-8-20(11-14-5-4-9-25-14)17(22)12-21-18(23)15-7-6-13(2)10-16(15)19(21)24/h3-7,9-10H,1,8,11-12H2,2H3. The third-order valence-corrected chi connectivity index (χ3v) is 4.91. The van der Waals surface area contributed by atoms with E-state index in [4.69, 9.17) is 0 Å². The van der Waals surface area contributed by atoms with Gasteiger partial charge in [-0.3, -0.25) is 19.3 Å². The molecule has 0 fully saturated rings. The Morgan fingerprint density at radius 3 is 2.68 bits per heavy atom. The van der Waals surface area contributed by atoms with Gasteiger partial charge in [-0.05, 0) is 30.5 Å². The summed E-state index contributed by atoms with van der Waals surface area (Å²) in [7, 11) is 0. The molecule has 6 heteroatoms. The molecule has 0 unspecified atom stereocenters. The van der Waals surface area contributed by atoms with Gasteiger partial charge in [-0.25, -0.2) is 0 Å². The fourth-order valence-corrected chi connectivity index (χ4v) is 3.50. The maximum atomic E-state index is 12.7. The number of imide groups is 1. The summed E-state index contributed by atoms with van der Waals surface area (Å²) in [6.45, 7) is 6.07. The van der Waals surface area contributed by atoms with Crippen molar-refractivity contribution in [3.63, 3.8) is 0 Å². The molecule has 3 amide bonds. The summed E-state index contributed by atoms with van der Waals surface area (Å²) < 4.78 is 0. The second-order valence-electron chi connectivity index (χ2n) is 5.89.